The van der Waals surface area contributed by atoms with E-state index in [1.165, 1.54) is 32.0 Å². The third kappa shape index (κ3) is 28.3. The number of hydrogen-bond donors (Lipinski definition) is 6. The lowest BCUT2D eigenvalue weighted by Gasteiger charge is -2.37. The van der Waals surface area contributed by atoms with Crippen LogP contribution in [0.5, 0.6) is 5.75 Å². The molecule has 11 aromatic rings. The first-order valence-electron chi connectivity index (χ1n) is 42.6. The number of nitrogens with two attached hydrogens (primary N) is 1. The first kappa shape index (κ1) is 114. The molecule has 0 bridgehead atoms. The summed E-state index contributed by atoms with van der Waals surface area (Å²) in [6.45, 7) is 58.4. The Morgan fingerprint density at radius 3 is 1.05 bits per heavy atom. The molecule has 131 heavy (non-hydrogen) atoms. The van der Waals surface area contributed by atoms with Crippen LogP contribution in [-0.2, 0) is 75.3 Å². The minimum Gasteiger partial charge on any atom is -0.504 e. The van der Waals surface area contributed by atoms with Gasteiger partial charge in [0.05, 0.1) is 66.6 Å². The SMILES string of the molecule is CC(C)(C)c1nc2ccc(Cl)c(S(=O)(=O)C(C)(C)CCO[Si](C)(C)C(C)(C)C)c2o1.CC(C)(C)c1nc2ccc(Cl)c(S(=O)(=O)CCCO)c2o1.CC(C)(C)c1nc2ccc(Cl)c(S(=O)(=O)CCCO[Si](C)(C)C(C)(C)C)c2o1.CC(C)(C)c1nc2ccc(Cl)c(S)c2o1.CC(C)(C)c1nc2ccc(Cl)c(SCCCO)c2o1.CC(C)(CCO)S(=O)(=O)c1c(Cl)ccc(N)c1O. The summed E-state index contributed by atoms with van der Waals surface area (Å²) in [5.74, 6) is 2.87. The van der Waals surface area contributed by atoms with Crippen LogP contribution >= 0.6 is 94.0 Å². The molecule has 0 saturated carbocycles. The van der Waals surface area contributed by atoms with E-state index in [9.17, 15) is 38.8 Å². The van der Waals surface area contributed by atoms with Gasteiger partial charge in [0, 0.05) is 65.9 Å². The van der Waals surface area contributed by atoms with Gasteiger partial charge in [0.15, 0.2) is 89.6 Å². The predicted molar refractivity (Wildman–Crippen MR) is 541 cm³/mol. The zero-order valence-electron chi connectivity index (χ0n) is 80.6. The van der Waals surface area contributed by atoms with E-state index in [0.29, 0.717) is 92.6 Å². The minimum atomic E-state index is -3.91. The van der Waals surface area contributed by atoms with Crippen molar-refractivity contribution in [1.82, 2.24) is 24.9 Å². The summed E-state index contributed by atoms with van der Waals surface area (Å²) >= 11 is 42.6. The standard InChI is InChI=1S/C22H36ClNO4SSi.C20H32ClNO4SSi.C14H18ClNO4S.C14H18ClNO2S.C11H16ClNO4S.C11H12ClNOS/c1-20(2,3)19-24-16-12-11-15(23)18(17(16)28-19)29(25,26)22(7,8)13-14-27-30(9,10)21(4,5)6;1-19(2,3)18-22-15-11-10-14(21)17(16(15)26-18)27(23,24)13-9-12-25-28(7,8)20(4,5)6;1-14(2,3)13-16-10-6-5-9(15)12(11(10)20-13)21(18,19)8-4-7-17;1-14(2,3)13-16-10-6-5-9(15)12(11(10)18-13)19-8-4-7-17;1-11(2,5-6-14)18(16,17)10-7(12)3-4-8(13)9(10)15;1-11(2,3)10-13-7-5-4-6(12)9(15)8(7)14-10/h11-12H,13-14H2,1-10H3;10-11H,9,12-13H2,1-8H3;5-6,17H,4,7-8H2,1-3H3;5-6,17H,4,7-8H2,1-3H3;3-4,14-15H,5-6,13H2,1-2H3;4-5,15H,1-3H3. The second kappa shape index (κ2) is 43.4. The molecule has 0 atom stereocenters. The Hall–Kier alpha value is -5.26. The number of aliphatic hydroxyl groups excluding tert-OH is 3. The molecule has 6 aromatic carbocycles. The van der Waals surface area contributed by atoms with Gasteiger partial charge in [-0.15, -0.1) is 24.4 Å². The molecule has 0 aliphatic carbocycles. The molecule has 25 nitrogen and oxygen atoms in total. The predicted octanol–water partition coefficient (Wildman–Crippen LogP) is 25.5. The number of halogens is 6. The van der Waals surface area contributed by atoms with Crippen molar-refractivity contribution in [2.24, 2.45) is 0 Å². The number of rotatable bonds is 24. The Bertz CT molecular complexity index is 6320. The summed E-state index contributed by atoms with van der Waals surface area (Å²) in [6, 6.07) is 19.7. The molecule has 6 N–H and O–H groups in total. The van der Waals surface area contributed by atoms with Crippen molar-refractivity contribution >= 4 is 211 Å². The Morgan fingerprint density at radius 1 is 0.382 bits per heavy atom. The van der Waals surface area contributed by atoms with E-state index in [2.05, 4.69) is 147 Å². The van der Waals surface area contributed by atoms with Crippen molar-refractivity contribution in [2.75, 3.05) is 56.0 Å². The maximum Gasteiger partial charge on any atom is 0.200 e. The Labute approximate surface area is 815 Å². The fourth-order valence-corrected chi connectivity index (χ4v) is 23.4. The molecule has 0 amide bonds. The van der Waals surface area contributed by atoms with Crippen molar-refractivity contribution in [3.63, 3.8) is 0 Å². The van der Waals surface area contributed by atoms with Gasteiger partial charge in [-0.1, -0.05) is 215 Å². The molecule has 0 saturated heterocycles. The molecule has 5 heterocycles. The van der Waals surface area contributed by atoms with Crippen molar-refractivity contribution < 1.29 is 85.0 Å². The van der Waals surface area contributed by atoms with Crippen LogP contribution in [0.25, 0.3) is 55.5 Å². The van der Waals surface area contributed by atoms with Crippen molar-refractivity contribution in [3.05, 3.63) is 132 Å². The van der Waals surface area contributed by atoms with Gasteiger partial charge in [-0.05, 0) is 169 Å². The highest BCUT2D eigenvalue weighted by molar-refractivity contribution is 7.99. The van der Waals surface area contributed by atoms with E-state index in [0.717, 1.165) is 33.7 Å². The third-order valence-corrected chi connectivity index (χ3v) is 44.1. The van der Waals surface area contributed by atoms with Crippen LogP contribution in [0, 0.1) is 0 Å². The number of aromatic nitrogens is 5. The number of hydrogen-bond acceptors (Lipinski definition) is 27. The van der Waals surface area contributed by atoms with Gasteiger partial charge in [0.2, 0.25) is 29.5 Å². The van der Waals surface area contributed by atoms with E-state index in [1.807, 2.05) is 80.5 Å². The van der Waals surface area contributed by atoms with Crippen LogP contribution in [0.15, 0.2) is 124 Å². The van der Waals surface area contributed by atoms with Crippen LogP contribution in [0.3, 0.4) is 0 Å². The number of anilines is 1. The van der Waals surface area contributed by atoms with E-state index in [4.69, 9.17) is 122 Å². The molecule has 0 fully saturated rings. The zero-order chi connectivity index (χ0) is 100. The highest BCUT2D eigenvalue weighted by Crippen LogP contribution is 2.47. The van der Waals surface area contributed by atoms with Crippen molar-refractivity contribution in [2.45, 2.75) is 307 Å². The summed E-state index contributed by atoms with van der Waals surface area (Å²) in [4.78, 5) is 23.4. The van der Waals surface area contributed by atoms with Gasteiger partial charge < -0.3 is 57.1 Å². The molecule has 0 spiro atoms. The van der Waals surface area contributed by atoms with Crippen LogP contribution in [0.1, 0.15) is 235 Å². The summed E-state index contributed by atoms with van der Waals surface area (Å²) in [7, 11) is -18.9. The fraction of sp³-hybridized carbons (Fsp3) is 0.554. The Balaban J connectivity index is 0.000000246. The number of aromatic hydroxyl groups is 1. The molecular weight excluding hydrogens is 1950 g/mol. The lowest BCUT2D eigenvalue weighted by molar-refractivity contribution is 0.268. The smallest absolute Gasteiger partial charge is 0.200 e. The maximum atomic E-state index is 13.7. The fourth-order valence-electron chi connectivity index (χ4n) is 11.5. The van der Waals surface area contributed by atoms with Gasteiger partial charge in [0.25, 0.3) is 0 Å². The number of fused-ring (bicyclic) bond motifs is 5. The number of thioether (sulfide) groups is 1. The number of benzene rings is 6. The molecule has 0 aliphatic rings. The largest absolute Gasteiger partial charge is 0.504 e. The van der Waals surface area contributed by atoms with Gasteiger partial charge in [-0.2, -0.15) is 0 Å². The average molecular weight is 2090 g/mol. The van der Waals surface area contributed by atoms with E-state index in [1.54, 1.807) is 62.0 Å². The lowest BCUT2D eigenvalue weighted by Crippen LogP contribution is -2.42. The summed E-state index contributed by atoms with van der Waals surface area (Å²) in [5.41, 5.74) is 9.34. The average Bonchev–Trinajstić information content (AvgIpc) is 1.33. The van der Waals surface area contributed by atoms with Crippen molar-refractivity contribution in [1.29, 1.82) is 0 Å². The molecule has 39 heteroatoms. The third-order valence-electron chi connectivity index (χ3n) is 21.9. The molecule has 0 radical (unpaired) electrons. The van der Waals surface area contributed by atoms with Crippen LogP contribution in [0.2, 0.25) is 66.4 Å². The monoisotopic (exact) mass is 2080 g/mol. The highest BCUT2D eigenvalue weighted by atomic mass is 35.5. The number of nitrogen functional groups attached to an aromatic ring is 1. The molecule has 5 aromatic heterocycles. The van der Waals surface area contributed by atoms with Crippen LogP contribution in [-0.4, -0.2) is 155 Å². The number of oxazole rings is 5. The molecular formula is C92H132Cl6N6O19S6Si2. The molecule has 730 valence electrons. The van der Waals surface area contributed by atoms with Gasteiger partial charge >= 0.3 is 0 Å². The second-order valence-electron chi connectivity index (χ2n) is 41.3. The quantitative estimate of drug-likeness (QED) is 0.00817. The molecule has 0 aliphatic heterocycles. The maximum absolute atomic E-state index is 13.7. The van der Waals surface area contributed by atoms with Gasteiger partial charge in [-0.25, -0.2) is 58.6 Å². The number of sulfone groups is 4. The Kier molecular flexibility index (Phi) is 37.9. The normalized spacial score (nSPS) is 13.3. The summed E-state index contributed by atoms with van der Waals surface area (Å²) < 4.78 is 142. The lowest BCUT2D eigenvalue weighted by atomic mass is 9.97. The van der Waals surface area contributed by atoms with Crippen LogP contribution < -0.4 is 5.73 Å². The molecule has 11 rings (SSSR count). The van der Waals surface area contributed by atoms with Crippen molar-refractivity contribution in [3.8, 4) is 5.75 Å². The van der Waals surface area contributed by atoms with E-state index < -0.39 is 71.2 Å². The molecule has 0 unspecified atom stereocenters. The highest BCUT2D eigenvalue weighted by Gasteiger charge is 2.44. The summed E-state index contributed by atoms with van der Waals surface area (Å²) in [6.07, 6.45) is 1.67. The van der Waals surface area contributed by atoms with E-state index >= 15 is 0 Å². The second-order valence-corrected chi connectivity index (χ2v) is 64.0. The zero-order valence-corrected chi connectivity index (χ0v) is 92.1. The Morgan fingerprint density at radius 2 is 0.679 bits per heavy atom. The minimum absolute atomic E-state index is 0.0157. The van der Waals surface area contributed by atoms with Gasteiger partial charge in [0.1, 0.15) is 47.2 Å². The first-order valence-corrected chi connectivity index (χ1v) is 58.4. The summed E-state index contributed by atoms with van der Waals surface area (Å²) in [5, 5.41) is 38.1. The number of aliphatic hydroxyl groups is 3. The van der Waals surface area contributed by atoms with Gasteiger partial charge in [-0.3, -0.25) is 0 Å². The number of phenolic OH excluding ortho intramolecular Hbond substituents is 1. The first-order chi connectivity index (χ1) is 59.5. The van der Waals surface area contributed by atoms with E-state index in [-0.39, 0.29) is 143 Å². The van der Waals surface area contributed by atoms with Crippen LogP contribution in [0.4, 0.5) is 5.69 Å². The number of thiol groups is 1. The number of nitrogens with zero attached hydrogens (tertiary/aromatic N) is 5. The number of phenols is 1. The topological polar surface area (TPSA) is 392 Å².